The lowest BCUT2D eigenvalue weighted by Gasteiger charge is -2.44. The van der Waals surface area contributed by atoms with Crippen molar-refractivity contribution in [1.82, 2.24) is 10.6 Å². The first-order valence-corrected chi connectivity index (χ1v) is 12.1. The van der Waals surface area contributed by atoms with Gasteiger partial charge in [-0.25, -0.2) is 4.79 Å². The zero-order chi connectivity index (χ0) is 29.8. The summed E-state index contributed by atoms with van der Waals surface area (Å²) in [6, 6.07) is 5.63. The number of hydrogen-bond acceptors (Lipinski definition) is 12. The lowest BCUT2D eigenvalue weighted by atomic mass is 9.95. The van der Waals surface area contributed by atoms with Gasteiger partial charge in [0.25, 0.3) is 0 Å². The molecule has 1 fully saturated rings. The van der Waals surface area contributed by atoms with Gasteiger partial charge in [0.15, 0.2) is 18.5 Å². The van der Waals surface area contributed by atoms with E-state index in [2.05, 4.69) is 10.6 Å². The molecule has 0 saturated carbocycles. The summed E-state index contributed by atoms with van der Waals surface area (Å²) in [4.78, 5) is 72.2. The van der Waals surface area contributed by atoms with Gasteiger partial charge in [-0.2, -0.15) is 0 Å². The van der Waals surface area contributed by atoms with Gasteiger partial charge >= 0.3 is 30.0 Å². The van der Waals surface area contributed by atoms with Crippen molar-refractivity contribution in [1.29, 1.82) is 0 Å². The molecule has 0 unspecified atom stereocenters. The molecule has 1 heterocycles. The van der Waals surface area contributed by atoms with Crippen LogP contribution in [0.3, 0.4) is 0 Å². The van der Waals surface area contributed by atoms with E-state index in [1.54, 1.807) is 30.3 Å². The maximum absolute atomic E-state index is 13.2. The molecule has 15 heteroatoms. The maximum atomic E-state index is 13.2. The van der Waals surface area contributed by atoms with Crippen LogP contribution in [0, 0.1) is 0 Å². The number of methoxy groups -OCH3 is 1. The molecule has 0 aliphatic carbocycles. The van der Waals surface area contributed by atoms with Crippen molar-refractivity contribution in [3.63, 3.8) is 0 Å². The molecule has 1 aliphatic heterocycles. The predicted molar refractivity (Wildman–Crippen MR) is 131 cm³/mol. The Labute approximate surface area is 229 Å². The standard InChI is InChI=1S/C25H32N2O13/c1-13(28)36-12-18-21(38-14(2)29)22(39-15(3)30)20(24(35-4)40-18)27-23(33)17(10-19(31)32)26-25(34)37-11-16-8-6-5-7-9-16/h5-9,17-18,20-22,24H,10-12H2,1-4H3,(H,26,34)(H,27,33)(H,31,32)/t17-,18+,20+,21+,22+,24+/m0/s1. The zero-order valence-electron chi connectivity index (χ0n) is 22.3. The summed E-state index contributed by atoms with van der Waals surface area (Å²) in [5.74, 6) is -4.73. The normalized spacial score (nSPS) is 22.6. The maximum Gasteiger partial charge on any atom is 0.408 e. The Balaban J connectivity index is 2.27. The van der Waals surface area contributed by atoms with Crippen LogP contribution in [0.2, 0.25) is 0 Å². The van der Waals surface area contributed by atoms with Crippen molar-refractivity contribution in [3.8, 4) is 0 Å². The van der Waals surface area contributed by atoms with Gasteiger partial charge in [-0.15, -0.1) is 0 Å². The van der Waals surface area contributed by atoms with Crippen LogP contribution >= 0.6 is 0 Å². The Morgan fingerprint density at radius 3 is 2.10 bits per heavy atom. The second kappa shape index (κ2) is 15.4. The van der Waals surface area contributed by atoms with Crippen molar-refractivity contribution in [2.45, 2.75) is 70.5 Å². The third-order valence-electron chi connectivity index (χ3n) is 5.44. The van der Waals surface area contributed by atoms with Crippen LogP contribution in [-0.2, 0) is 59.0 Å². The lowest BCUT2D eigenvalue weighted by Crippen LogP contribution is -2.68. The summed E-state index contributed by atoms with van der Waals surface area (Å²) < 4.78 is 31.7. The third kappa shape index (κ3) is 10.1. The average Bonchev–Trinajstić information content (AvgIpc) is 2.88. The van der Waals surface area contributed by atoms with E-state index in [1.807, 2.05) is 0 Å². The smallest absolute Gasteiger partial charge is 0.408 e. The molecule has 1 aromatic carbocycles. The summed E-state index contributed by atoms with van der Waals surface area (Å²) in [6.07, 6.45) is -7.23. The number of carbonyl (C=O) groups is 6. The zero-order valence-corrected chi connectivity index (χ0v) is 22.3. The molecular formula is C25H32N2O13. The van der Waals surface area contributed by atoms with E-state index in [0.717, 1.165) is 20.8 Å². The molecule has 15 nitrogen and oxygen atoms in total. The van der Waals surface area contributed by atoms with E-state index in [1.165, 1.54) is 7.11 Å². The third-order valence-corrected chi connectivity index (χ3v) is 5.44. The van der Waals surface area contributed by atoms with E-state index in [-0.39, 0.29) is 6.61 Å². The molecule has 2 amide bonds. The monoisotopic (exact) mass is 568 g/mol. The number of rotatable bonds is 12. The molecule has 3 N–H and O–H groups in total. The fourth-order valence-corrected chi connectivity index (χ4v) is 3.81. The first-order valence-electron chi connectivity index (χ1n) is 12.1. The van der Waals surface area contributed by atoms with Crippen molar-refractivity contribution < 1.29 is 62.3 Å². The molecule has 0 aromatic heterocycles. The van der Waals surface area contributed by atoms with Gasteiger partial charge in [-0.1, -0.05) is 30.3 Å². The van der Waals surface area contributed by atoms with Gasteiger partial charge in [0.2, 0.25) is 5.91 Å². The van der Waals surface area contributed by atoms with E-state index >= 15 is 0 Å². The minimum absolute atomic E-state index is 0.140. The highest BCUT2D eigenvalue weighted by atomic mass is 16.7. The summed E-state index contributed by atoms with van der Waals surface area (Å²) in [7, 11) is 1.21. The van der Waals surface area contributed by atoms with E-state index in [0.29, 0.717) is 5.56 Å². The SMILES string of the molecule is CO[C@@H]1O[C@H](COC(C)=O)[C@@H](OC(C)=O)[C@H](OC(C)=O)[C@H]1NC(=O)[C@H](CC(=O)O)NC(=O)OCc1ccccc1. The predicted octanol–water partition coefficient (Wildman–Crippen LogP) is 0.0387. The number of carbonyl (C=O) groups excluding carboxylic acids is 5. The Morgan fingerprint density at radius 2 is 1.55 bits per heavy atom. The van der Waals surface area contributed by atoms with E-state index in [9.17, 15) is 33.9 Å². The highest BCUT2D eigenvalue weighted by molar-refractivity contribution is 5.89. The molecule has 1 aromatic rings. The average molecular weight is 569 g/mol. The number of alkyl carbamates (subject to hydrolysis) is 1. The van der Waals surface area contributed by atoms with E-state index < -0.39 is 85.6 Å². The number of esters is 3. The van der Waals surface area contributed by atoms with Gasteiger partial charge in [-0.3, -0.25) is 24.0 Å². The molecule has 2 rings (SSSR count). The highest BCUT2D eigenvalue weighted by Gasteiger charge is 2.51. The minimum atomic E-state index is -1.64. The second-order valence-electron chi connectivity index (χ2n) is 8.62. The Kier molecular flexibility index (Phi) is 12.3. The summed E-state index contributed by atoms with van der Waals surface area (Å²) >= 11 is 0. The molecular weight excluding hydrogens is 536 g/mol. The Hall–Kier alpha value is -4.24. The largest absolute Gasteiger partial charge is 0.481 e. The van der Waals surface area contributed by atoms with E-state index in [4.69, 9.17) is 28.4 Å². The molecule has 0 bridgehead atoms. The topological polar surface area (TPSA) is 202 Å². The number of aliphatic carboxylic acids is 1. The number of ether oxygens (including phenoxy) is 6. The summed E-state index contributed by atoms with van der Waals surface area (Å²) in [5.41, 5.74) is 0.656. The summed E-state index contributed by atoms with van der Waals surface area (Å²) in [6.45, 7) is 2.74. The van der Waals surface area contributed by atoms with Crippen LogP contribution in [-0.4, -0.2) is 91.4 Å². The van der Waals surface area contributed by atoms with Crippen LogP contribution in [0.5, 0.6) is 0 Å². The number of benzene rings is 1. The fraction of sp³-hybridized carbons (Fsp3) is 0.520. The number of carboxylic acids is 1. The van der Waals surface area contributed by atoms with Crippen LogP contribution in [0.4, 0.5) is 4.79 Å². The van der Waals surface area contributed by atoms with Crippen LogP contribution in [0.25, 0.3) is 0 Å². The summed E-state index contributed by atoms with van der Waals surface area (Å²) in [5, 5.41) is 14.0. The van der Waals surface area contributed by atoms with Gasteiger partial charge in [0.1, 0.15) is 31.4 Å². The van der Waals surface area contributed by atoms with Crippen molar-refractivity contribution in [3.05, 3.63) is 35.9 Å². The number of nitrogens with one attached hydrogen (secondary N) is 2. The quantitative estimate of drug-likeness (QED) is 0.225. The Morgan fingerprint density at radius 1 is 0.925 bits per heavy atom. The lowest BCUT2D eigenvalue weighted by molar-refractivity contribution is -0.271. The number of carboxylic acid groups (broad SMARTS) is 1. The highest BCUT2D eigenvalue weighted by Crippen LogP contribution is 2.27. The van der Waals surface area contributed by atoms with Crippen molar-refractivity contribution in [2.75, 3.05) is 13.7 Å². The van der Waals surface area contributed by atoms with Crippen molar-refractivity contribution >= 4 is 35.9 Å². The molecule has 1 aliphatic rings. The second-order valence-corrected chi connectivity index (χ2v) is 8.62. The first-order chi connectivity index (χ1) is 18.9. The Bertz CT molecular complexity index is 1060. The molecule has 1 saturated heterocycles. The van der Waals surface area contributed by atoms with Gasteiger partial charge in [0.05, 0.1) is 6.42 Å². The number of amides is 2. The molecule has 6 atom stereocenters. The molecule has 0 radical (unpaired) electrons. The van der Waals surface area contributed by atoms with Gasteiger partial charge in [-0.05, 0) is 5.56 Å². The molecule has 40 heavy (non-hydrogen) atoms. The van der Waals surface area contributed by atoms with Crippen LogP contribution in [0.1, 0.15) is 32.8 Å². The molecule has 0 spiro atoms. The fourth-order valence-electron chi connectivity index (χ4n) is 3.81. The van der Waals surface area contributed by atoms with Crippen molar-refractivity contribution in [2.24, 2.45) is 0 Å². The van der Waals surface area contributed by atoms with Crippen LogP contribution in [0.15, 0.2) is 30.3 Å². The number of hydrogen-bond donors (Lipinski definition) is 3. The van der Waals surface area contributed by atoms with Crippen LogP contribution < -0.4 is 10.6 Å². The first kappa shape index (κ1) is 32.0. The van der Waals surface area contributed by atoms with Gasteiger partial charge in [0, 0.05) is 27.9 Å². The molecule has 220 valence electrons. The minimum Gasteiger partial charge on any atom is -0.481 e. The van der Waals surface area contributed by atoms with Gasteiger partial charge < -0.3 is 44.2 Å².